The molecule has 4 aromatic rings. The zero-order valence-electron chi connectivity index (χ0n) is 17.1. The Balaban J connectivity index is 1.73. The number of pyridine rings is 1. The highest BCUT2D eigenvalue weighted by molar-refractivity contribution is 9.10. The number of furan rings is 1. The lowest BCUT2D eigenvalue weighted by Gasteiger charge is -2.11. The maximum absolute atomic E-state index is 13.5. The summed E-state index contributed by atoms with van der Waals surface area (Å²) in [5, 5.41) is 17.2. The van der Waals surface area contributed by atoms with Gasteiger partial charge in [0.2, 0.25) is 5.91 Å². The van der Waals surface area contributed by atoms with Gasteiger partial charge in [0.1, 0.15) is 25.6 Å². The first-order valence-electron chi connectivity index (χ1n) is 9.51. The van der Waals surface area contributed by atoms with Crippen LogP contribution in [0.5, 0.6) is 0 Å². The number of hydrogen-bond donors (Lipinski definition) is 2. The minimum absolute atomic E-state index is 0.0435. The minimum Gasteiger partial charge on any atom is -0.464 e. The average Bonchev–Trinajstić information content (AvgIpc) is 3.50. The van der Waals surface area contributed by atoms with Crippen LogP contribution < -0.4 is 11.1 Å². The third-order valence-electron chi connectivity index (χ3n) is 4.67. The van der Waals surface area contributed by atoms with Gasteiger partial charge in [-0.3, -0.25) is 9.59 Å². The zero-order chi connectivity index (χ0) is 25.5. The predicted molar refractivity (Wildman–Crippen MR) is 121 cm³/mol. The van der Waals surface area contributed by atoms with Crippen molar-refractivity contribution in [3.05, 3.63) is 55.8 Å². The van der Waals surface area contributed by atoms with Crippen molar-refractivity contribution >= 4 is 60.8 Å². The lowest BCUT2D eigenvalue weighted by molar-refractivity contribution is -0.390. The number of rotatable bonds is 7. The zero-order valence-corrected chi connectivity index (χ0v) is 19.5. The highest BCUT2D eigenvalue weighted by atomic mass is 79.9. The van der Waals surface area contributed by atoms with Gasteiger partial charge < -0.3 is 25.6 Å². The number of fused-ring (bicyclic) bond motifs is 1. The number of alkyl halides is 3. The molecule has 3 N–H and O–H groups in total. The van der Waals surface area contributed by atoms with E-state index in [2.05, 4.69) is 31.3 Å². The normalized spacial score (nSPS) is 11.7. The monoisotopic (exact) mass is 572 g/mol. The maximum Gasteiger partial charge on any atom is 0.433 e. The summed E-state index contributed by atoms with van der Waals surface area (Å²) in [5.41, 5.74) is 4.06. The number of nitrogens with zero attached hydrogens (tertiary/aromatic N) is 4. The van der Waals surface area contributed by atoms with Gasteiger partial charge in [-0.1, -0.05) is 0 Å². The van der Waals surface area contributed by atoms with Crippen LogP contribution in [0.2, 0.25) is 0 Å². The Morgan fingerprint density at radius 3 is 2.69 bits per heavy atom. The Labute approximate surface area is 205 Å². The van der Waals surface area contributed by atoms with Gasteiger partial charge in [0.15, 0.2) is 0 Å². The fourth-order valence-corrected chi connectivity index (χ4v) is 4.67. The van der Waals surface area contributed by atoms with Crippen LogP contribution in [0.15, 0.2) is 39.5 Å². The van der Waals surface area contributed by atoms with Gasteiger partial charge in [-0.25, -0.2) is 4.98 Å². The van der Waals surface area contributed by atoms with E-state index in [1.54, 1.807) is 0 Å². The summed E-state index contributed by atoms with van der Waals surface area (Å²) in [6.07, 6.45) is -2.44. The summed E-state index contributed by atoms with van der Waals surface area (Å²) in [5.74, 6) is -2.00. The number of carbonyl (C=O) groups is 2. The largest absolute Gasteiger partial charge is 0.464 e. The molecule has 11 nitrogen and oxygen atoms in total. The molecule has 0 aromatic carbocycles. The number of nitrogens with one attached hydrogen (secondary N) is 1. The van der Waals surface area contributed by atoms with Gasteiger partial charge in [-0.05, 0) is 39.1 Å². The first-order valence-corrected chi connectivity index (χ1v) is 11.1. The number of halogens is 4. The van der Waals surface area contributed by atoms with E-state index in [0.717, 1.165) is 6.07 Å². The lowest BCUT2D eigenvalue weighted by Crippen LogP contribution is -2.18. The van der Waals surface area contributed by atoms with Crippen molar-refractivity contribution in [2.75, 3.05) is 5.32 Å². The third kappa shape index (κ3) is 4.88. The Bertz CT molecular complexity index is 1460. The van der Waals surface area contributed by atoms with E-state index in [4.69, 9.17) is 10.2 Å². The summed E-state index contributed by atoms with van der Waals surface area (Å²) in [6, 6.07) is 3.65. The molecule has 0 atom stereocenters. The molecular formula is C19H12BrF3N6O5S. The van der Waals surface area contributed by atoms with Crippen LogP contribution in [0.1, 0.15) is 21.8 Å². The van der Waals surface area contributed by atoms with Crippen molar-refractivity contribution in [2.45, 2.75) is 19.1 Å². The van der Waals surface area contributed by atoms with Crippen molar-refractivity contribution in [3.63, 3.8) is 0 Å². The standard InChI is InChI=1S/C19H12BrF3N6O5S/c20-9-7-28(27-17(9)29(32)33)4-3-12(30)26-14-13-8(10-2-1-5-34-10)6-11(19(21,22)23)25-18(13)35-15(14)16(24)31/h1-2,5-7H,3-4H2,(H2,24,31)(H,26,30). The van der Waals surface area contributed by atoms with Crippen molar-refractivity contribution in [1.29, 1.82) is 0 Å². The molecule has 35 heavy (non-hydrogen) atoms. The van der Waals surface area contributed by atoms with Crippen LogP contribution in [0.3, 0.4) is 0 Å². The van der Waals surface area contributed by atoms with Crippen LogP contribution in [0, 0.1) is 10.1 Å². The van der Waals surface area contributed by atoms with Gasteiger partial charge in [0.05, 0.1) is 29.8 Å². The number of hydrogen-bond acceptors (Lipinski definition) is 8. The molecule has 0 aliphatic carbocycles. The van der Waals surface area contributed by atoms with Gasteiger partial charge in [0.25, 0.3) is 5.91 Å². The number of nitro groups is 1. The van der Waals surface area contributed by atoms with Crippen molar-refractivity contribution in [3.8, 4) is 11.3 Å². The molecule has 0 saturated heterocycles. The Morgan fingerprint density at radius 1 is 1.37 bits per heavy atom. The minimum atomic E-state index is -4.78. The first kappa shape index (κ1) is 24.3. The number of nitrogens with two attached hydrogens (primary N) is 1. The Morgan fingerprint density at radius 2 is 2.11 bits per heavy atom. The van der Waals surface area contributed by atoms with E-state index in [1.165, 1.54) is 29.3 Å². The van der Waals surface area contributed by atoms with Crippen LogP contribution >= 0.6 is 27.3 Å². The smallest absolute Gasteiger partial charge is 0.433 e. The quantitative estimate of drug-likeness (QED) is 0.242. The lowest BCUT2D eigenvalue weighted by atomic mass is 10.1. The maximum atomic E-state index is 13.5. The molecule has 4 aromatic heterocycles. The van der Waals surface area contributed by atoms with E-state index in [0.29, 0.717) is 11.3 Å². The molecule has 16 heteroatoms. The summed E-state index contributed by atoms with van der Waals surface area (Å²) in [7, 11) is 0. The van der Waals surface area contributed by atoms with E-state index in [9.17, 15) is 32.9 Å². The second-order valence-corrected chi connectivity index (χ2v) is 8.85. The molecule has 0 radical (unpaired) electrons. The molecule has 0 saturated carbocycles. The molecule has 0 spiro atoms. The van der Waals surface area contributed by atoms with Crippen molar-refractivity contribution in [1.82, 2.24) is 14.8 Å². The van der Waals surface area contributed by atoms with Gasteiger partial charge in [-0.2, -0.15) is 17.9 Å². The number of amides is 2. The molecule has 182 valence electrons. The molecule has 0 fully saturated rings. The van der Waals surface area contributed by atoms with Gasteiger partial charge >= 0.3 is 12.0 Å². The molecule has 4 heterocycles. The molecule has 0 bridgehead atoms. The van der Waals surface area contributed by atoms with Crippen LogP contribution in [-0.4, -0.2) is 31.5 Å². The predicted octanol–water partition coefficient (Wildman–Crippen LogP) is 4.57. The number of aromatic nitrogens is 3. The molecule has 0 aliphatic rings. The van der Waals surface area contributed by atoms with Crippen LogP contribution in [-0.2, 0) is 17.5 Å². The number of thiophene rings is 1. The summed E-state index contributed by atoms with van der Waals surface area (Å²) < 4.78 is 46.9. The van der Waals surface area contributed by atoms with Crippen molar-refractivity contribution < 1.29 is 32.1 Å². The van der Waals surface area contributed by atoms with E-state index >= 15 is 0 Å². The van der Waals surface area contributed by atoms with Crippen molar-refractivity contribution in [2.24, 2.45) is 5.73 Å². The van der Waals surface area contributed by atoms with Crippen LogP contribution in [0.25, 0.3) is 21.5 Å². The summed E-state index contributed by atoms with van der Waals surface area (Å²) in [4.78, 5) is 38.2. The first-order chi connectivity index (χ1) is 16.5. The summed E-state index contributed by atoms with van der Waals surface area (Å²) >= 11 is 3.60. The molecule has 0 unspecified atom stereocenters. The third-order valence-corrected chi connectivity index (χ3v) is 6.32. The van der Waals surface area contributed by atoms with E-state index in [1.807, 2.05) is 0 Å². The van der Waals surface area contributed by atoms with Gasteiger partial charge in [-0.15, -0.1) is 11.3 Å². The molecular weight excluding hydrogens is 561 g/mol. The van der Waals surface area contributed by atoms with E-state index in [-0.39, 0.29) is 49.5 Å². The number of aryl methyl sites for hydroxylation is 1. The van der Waals surface area contributed by atoms with E-state index < -0.39 is 34.4 Å². The van der Waals surface area contributed by atoms with Crippen LogP contribution in [0.4, 0.5) is 24.7 Å². The SMILES string of the molecule is NC(=O)c1sc2nc(C(F)(F)F)cc(-c3ccco3)c2c1NC(=O)CCn1cc(Br)c([N+](=O)[O-])n1. The second-order valence-electron chi connectivity index (χ2n) is 7.00. The topological polar surface area (TPSA) is 159 Å². The fourth-order valence-electron chi connectivity index (χ4n) is 3.21. The molecule has 4 rings (SSSR count). The number of anilines is 1. The molecule has 2 amide bonds. The average molecular weight is 573 g/mol. The molecule has 0 aliphatic heterocycles. The van der Waals surface area contributed by atoms with Gasteiger partial charge in [0, 0.05) is 17.4 Å². The number of primary amides is 1. The Kier molecular flexibility index (Phi) is 6.33. The Hall–Kier alpha value is -3.79. The highest BCUT2D eigenvalue weighted by Crippen LogP contribution is 2.43. The summed E-state index contributed by atoms with van der Waals surface area (Å²) in [6.45, 7) is -0.0617. The fraction of sp³-hybridized carbons (Fsp3) is 0.158. The highest BCUT2D eigenvalue weighted by Gasteiger charge is 2.35. The number of carbonyl (C=O) groups excluding carboxylic acids is 2. The second kappa shape index (κ2) is 9.10.